The van der Waals surface area contributed by atoms with Gasteiger partial charge in [-0.05, 0) is 18.2 Å². The zero-order valence-electron chi connectivity index (χ0n) is 11.2. The summed E-state index contributed by atoms with van der Waals surface area (Å²) in [5.74, 6) is -0.452. The minimum absolute atomic E-state index is 0.0904. The molecule has 1 N–H and O–H groups in total. The van der Waals surface area contributed by atoms with Crippen LogP contribution < -0.4 is 5.32 Å². The predicted molar refractivity (Wildman–Crippen MR) is 70.4 cm³/mol. The molecule has 2 rings (SSSR count). The van der Waals surface area contributed by atoms with Crippen LogP contribution in [0.1, 0.15) is 11.1 Å². The molecule has 19 heavy (non-hydrogen) atoms. The van der Waals surface area contributed by atoms with E-state index in [2.05, 4.69) is 5.32 Å². The van der Waals surface area contributed by atoms with Crippen LogP contribution in [-0.2, 0) is 27.3 Å². The molecule has 1 amide bonds. The number of amides is 1. The highest BCUT2D eigenvalue weighted by Gasteiger charge is 2.34. The fraction of sp³-hybridized carbons (Fsp3) is 0.429. The van der Waals surface area contributed by atoms with Crippen LogP contribution in [0.5, 0.6) is 0 Å². The lowest BCUT2D eigenvalue weighted by Crippen LogP contribution is -2.51. The molecule has 1 atom stereocenters. The fourth-order valence-electron chi connectivity index (χ4n) is 2.38. The van der Waals surface area contributed by atoms with Crippen molar-refractivity contribution >= 4 is 11.9 Å². The number of likely N-dealkylation sites (N-methyl/N-ethyl adjacent to an activating group) is 1. The summed E-state index contributed by atoms with van der Waals surface area (Å²) in [5, 5.41) is 2.82. The van der Waals surface area contributed by atoms with Crippen molar-refractivity contribution in [2.24, 2.45) is 0 Å². The number of nitrogens with one attached hydrogen (secondary N) is 1. The Hall–Kier alpha value is -1.88. The third-order valence-corrected chi connectivity index (χ3v) is 3.37. The van der Waals surface area contributed by atoms with E-state index in [1.54, 1.807) is 11.9 Å². The predicted octanol–water partition coefficient (Wildman–Crippen LogP) is 0.332. The average molecular weight is 262 g/mol. The molecule has 102 valence electrons. The number of carbonyl (C=O) groups excluding carboxylic acids is 2. The topological polar surface area (TPSA) is 58.6 Å². The highest BCUT2D eigenvalue weighted by Crippen LogP contribution is 2.23. The summed E-state index contributed by atoms with van der Waals surface area (Å²) in [6, 6.07) is 7.34. The maximum absolute atomic E-state index is 12.1. The first kappa shape index (κ1) is 13.5. The number of fused-ring (bicyclic) bond motifs is 1. The van der Waals surface area contributed by atoms with Gasteiger partial charge < -0.3 is 15.0 Å². The van der Waals surface area contributed by atoms with Gasteiger partial charge in [0.2, 0.25) is 5.91 Å². The summed E-state index contributed by atoms with van der Waals surface area (Å²) in [6.45, 7) is 0.673. The Bertz CT molecular complexity index is 487. The molecule has 0 spiro atoms. The van der Waals surface area contributed by atoms with Gasteiger partial charge in [0.05, 0.1) is 13.7 Å². The van der Waals surface area contributed by atoms with Crippen molar-refractivity contribution in [2.45, 2.75) is 19.0 Å². The van der Waals surface area contributed by atoms with E-state index < -0.39 is 6.04 Å². The highest BCUT2D eigenvalue weighted by molar-refractivity contribution is 5.86. The molecule has 1 aliphatic rings. The van der Waals surface area contributed by atoms with Crippen LogP contribution in [0.15, 0.2) is 24.3 Å². The molecule has 0 aromatic heterocycles. The minimum atomic E-state index is -0.527. The van der Waals surface area contributed by atoms with Gasteiger partial charge in [0.1, 0.15) is 6.04 Å². The number of methoxy groups -OCH3 is 1. The second-order valence-electron chi connectivity index (χ2n) is 4.56. The molecular weight excluding hydrogens is 244 g/mol. The molecule has 1 aromatic rings. The van der Waals surface area contributed by atoms with Gasteiger partial charge >= 0.3 is 5.97 Å². The molecule has 1 heterocycles. The lowest BCUT2D eigenvalue weighted by molar-refractivity contribution is -0.153. The molecule has 0 saturated carbocycles. The molecule has 0 saturated heterocycles. The van der Waals surface area contributed by atoms with E-state index in [9.17, 15) is 9.59 Å². The van der Waals surface area contributed by atoms with Crippen molar-refractivity contribution < 1.29 is 14.3 Å². The van der Waals surface area contributed by atoms with Gasteiger partial charge in [-0.3, -0.25) is 4.79 Å². The van der Waals surface area contributed by atoms with Crippen LogP contribution in [0.2, 0.25) is 0 Å². The van der Waals surface area contributed by atoms with Crippen LogP contribution in [0, 0.1) is 0 Å². The summed E-state index contributed by atoms with van der Waals surface area (Å²) < 4.78 is 4.81. The van der Waals surface area contributed by atoms with Gasteiger partial charge in [0.15, 0.2) is 0 Å². The summed E-state index contributed by atoms with van der Waals surface area (Å²) in [6.07, 6.45) is 0.512. The molecule has 1 aromatic carbocycles. The summed E-state index contributed by atoms with van der Waals surface area (Å²) in [4.78, 5) is 25.5. The standard InChI is InChI=1S/C14H18N2O3/c1-15-8-13(17)16-9-11-6-4-3-5-10(11)7-12(16)14(18)19-2/h3-6,12,15H,7-9H2,1-2H3. The van der Waals surface area contributed by atoms with Crippen molar-refractivity contribution in [3.63, 3.8) is 0 Å². The van der Waals surface area contributed by atoms with Crippen molar-refractivity contribution in [3.8, 4) is 0 Å². The van der Waals surface area contributed by atoms with Crippen LogP contribution in [0.3, 0.4) is 0 Å². The van der Waals surface area contributed by atoms with Crippen molar-refractivity contribution in [1.82, 2.24) is 10.2 Å². The molecule has 0 fully saturated rings. The van der Waals surface area contributed by atoms with Gasteiger partial charge in [0, 0.05) is 13.0 Å². The second kappa shape index (κ2) is 5.84. The Kier molecular flexibility index (Phi) is 4.16. The van der Waals surface area contributed by atoms with E-state index in [1.165, 1.54) is 7.11 Å². The fourth-order valence-corrected chi connectivity index (χ4v) is 2.38. The van der Waals surface area contributed by atoms with Gasteiger partial charge in [-0.2, -0.15) is 0 Å². The highest BCUT2D eigenvalue weighted by atomic mass is 16.5. The van der Waals surface area contributed by atoms with E-state index in [0.717, 1.165) is 11.1 Å². The molecule has 5 heteroatoms. The zero-order valence-corrected chi connectivity index (χ0v) is 11.2. The second-order valence-corrected chi connectivity index (χ2v) is 4.56. The average Bonchev–Trinajstić information content (AvgIpc) is 2.45. The SMILES string of the molecule is CNCC(=O)N1Cc2ccccc2CC1C(=O)OC. The van der Waals surface area contributed by atoms with Gasteiger partial charge in [-0.1, -0.05) is 24.3 Å². The van der Waals surface area contributed by atoms with Gasteiger partial charge in [0.25, 0.3) is 0 Å². The summed E-state index contributed by atoms with van der Waals surface area (Å²) in [7, 11) is 3.06. The minimum Gasteiger partial charge on any atom is -0.467 e. The van der Waals surface area contributed by atoms with E-state index in [1.807, 2.05) is 24.3 Å². The molecule has 0 aliphatic carbocycles. The Morgan fingerprint density at radius 1 is 1.37 bits per heavy atom. The summed E-state index contributed by atoms with van der Waals surface area (Å²) in [5.41, 5.74) is 2.19. The number of hydrogen-bond donors (Lipinski definition) is 1. The van der Waals surface area contributed by atoms with Crippen LogP contribution in [0.25, 0.3) is 0 Å². The number of esters is 1. The maximum Gasteiger partial charge on any atom is 0.328 e. The first-order chi connectivity index (χ1) is 9.17. The molecular formula is C14H18N2O3. The number of carbonyl (C=O) groups is 2. The van der Waals surface area contributed by atoms with E-state index >= 15 is 0 Å². The van der Waals surface area contributed by atoms with E-state index in [-0.39, 0.29) is 18.4 Å². The number of nitrogens with zero attached hydrogens (tertiary/aromatic N) is 1. The molecule has 5 nitrogen and oxygen atoms in total. The third-order valence-electron chi connectivity index (χ3n) is 3.37. The van der Waals surface area contributed by atoms with Gasteiger partial charge in [-0.15, -0.1) is 0 Å². The third kappa shape index (κ3) is 2.76. The van der Waals surface area contributed by atoms with Crippen molar-refractivity contribution in [1.29, 1.82) is 0 Å². The Morgan fingerprint density at radius 2 is 2.05 bits per heavy atom. The number of benzene rings is 1. The lowest BCUT2D eigenvalue weighted by Gasteiger charge is -2.35. The normalized spacial score (nSPS) is 17.8. The van der Waals surface area contributed by atoms with E-state index in [4.69, 9.17) is 4.74 Å². The molecule has 0 radical (unpaired) electrons. The molecule has 1 unspecified atom stereocenters. The van der Waals surface area contributed by atoms with Gasteiger partial charge in [-0.25, -0.2) is 4.79 Å². The van der Waals surface area contributed by atoms with Crippen LogP contribution in [0.4, 0.5) is 0 Å². The monoisotopic (exact) mass is 262 g/mol. The lowest BCUT2D eigenvalue weighted by atomic mass is 9.94. The smallest absolute Gasteiger partial charge is 0.328 e. The largest absolute Gasteiger partial charge is 0.467 e. The quantitative estimate of drug-likeness (QED) is 0.798. The zero-order chi connectivity index (χ0) is 13.8. The molecule has 1 aliphatic heterocycles. The van der Waals surface area contributed by atoms with Crippen LogP contribution in [-0.4, -0.2) is 43.5 Å². The van der Waals surface area contributed by atoms with E-state index in [0.29, 0.717) is 13.0 Å². The molecule has 0 bridgehead atoms. The number of rotatable bonds is 3. The van der Waals surface area contributed by atoms with Crippen LogP contribution >= 0.6 is 0 Å². The number of hydrogen-bond acceptors (Lipinski definition) is 4. The first-order valence-electron chi connectivity index (χ1n) is 6.26. The van der Waals surface area contributed by atoms with Crippen molar-refractivity contribution in [2.75, 3.05) is 20.7 Å². The number of ether oxygens (including phenoxy) is 1. The Balaban J connectivity index is 2.29. The summed E-state index contributed by atoms with van der Waals surface area (Å²) >= 11 is 0. The first-order valence-corrected chi connectivity index (χ1v) is 6.26. The maximum atomic E-state index is 12.1. The Morgan fingerprint density at radius 3 is 2.68 bits per heavy atom. The Labute approximate surface area is 112 Å². The van der Waals surface area contributed by atoms with Crippen molar-refractivity contribution in [3.05, 3.63) is 35.4 Å².